The molecule has 2 aromatic carbocycles. The summed E-state index contributed by atoms with van der Waals surface area (Å²) in [5.74, 6) is 2.16. The maximum atomic E-state index is 13.4. The number of methoxy groups -OCH3 is 1. The van der Waals surface area contributed by atoms with E-state index in [1.54, 1.807) is 7.11 Å². The molecule has 5 heterocycles. The van der Waals surface area contributed by atoms with Gasteiger partial charge in [0, 0.05) is 30.2 Å². The van der Waals surface area contributed by atoms with Gasteiger partial charge in [-0.25, -0.2) is 10.2 Å². The van der Waals surface area contributed by atoms with E-state index in [0.717, 1.165) is 66.3 Å². The number of anilines is 1. The molecule has 1 amide bonds. The molecule has 0 aliphatic carbocycles. The fraction of sp³-hybridized carbons (Fsp3) is 0.448. The van der Waals surface area contributed by atoms with Gasteiger partial charge in [-0.2, -0.15) is 0 Å². The third kappa shape index (κ3) is 4.15. The first-order valence-corrected chi connectivity index (χ1v) is 13.1. The zero-order valence-electron chi connectivity index (χ0n) is 21.0. The second-order valence-corrected chi connectivity index (χ2v) is 10.3. The van der Waals surface area contributed by atoms with E-state index in [2.05, 4.69) is 28.3 Å². The summed E-state index contributed by atoms with van der Waals surface area (Å²) < 4.78 is 11.9. The molecule has 3 fully saturated rings. The van der Waals surface area contributed by atoms with Crippen LogP contribution in [0.3, 0.4) is 0 Å². The van der Waals surface area contributed by atoms with Crippen LogP contribution in [-0.2, 0) is 11.2 Å². The zero-order valence-corrected chi connectivity index (χ0v) is 21.0. The second kappa shape index (κ2) is 9.62. The molecule has 36 heavy (non-hydrogen) atoms. The van der Waals surface area contributed by atoms with E-state index in [1.807, 2.05) is 53.7 Å². The van der Waals surface area contributed by atoms with E-state index < -0.39 is 12.2 Å². The number of carbonyl (C=O) groups is 1. The molecule has 1 N–H and O–H groups in total. The summed E-state index contributed by atoms with van der Waals surface area (Å²) in [6.45, 7) is 5.15. The quantitative estimate of drug-likeness (QED) is 0.522. The smallest absolute Gasteiger partial charge is 0.426 e. The van der Waals surface area contributed by atoms with Crippen molar-refractivity contribution in [2.75, 3.05) is 31.8 Å². The Labute approximate surface area is 212 Å². The Balaban J connectivity index is 1.33. The van der Waals surface area contributed by atoms with Gasteiger partial charge in [0.05, 0.1) is 24.4 Å². The Morgan fingerprint density at radius 3 is 2.89 bits per heavy atom. The standard InChI is InChI=1S/C29H34N4O3/c1-3-19-18-32-14-11-21(19)16-27(32)28(23-10-13-30-25-9-8-22(35-2)17-24(23)25)36-29(34)31-33-15-12-20-6-4-5-7-26(20)33/h4-10,13,17,19,21,27-28H,3,11-12,14-16,18H2,1-2H3,(H,31,34)/t19-,21-,27+,28-/m0/s1. The molecule has 0 saturated carbocycles. The number of nitrogens with one attached hydrogen (secondary N) is 1. The van der Waals surface area contributed by atoms with Gasteiger partial charge in [-0.3, -0.25) is 14.9 Å². The molecule has 5 atom stereocenters. The number of fused-ring (bicyclic) bond motifs is 5. The third-order valence-electron chi connectivity index (χ3n) is 8.45. The first-order valence-electron chi connectivity index (χ1n) is 13.1. The largest absolute Gasteiger partial charge is 0.497 e. The molecule has 2 bridgehead atoms. The molecule has 3 aromatic rings. The molecule has 0 spiro atoms. The summed E-state index contributed by atoms with van der Waals surface area (Å²) in [4.78, 5) is 20.5. The van der Waals surface area contributed by atoms with E-state index in [0.29, 0.717) is 5.92 Å². The number of rotatable bonds is 6. The molecule has 7 rings (SSSR count). The van der Waals surface area contributed by atoms with Crippen LogP contribution in [-0.4, -0.2) is 48.8 Å². The highest BCUT2D eigenvalue weighted by Gasteiger charge is 2.44. The van der Waals surface area contributed by atoms with Crippen LogP contribution < -0.4 is 15.2 Å². The van der Waals surface area contributed by atoms with Crippen molar-refractivity contribution in [3.05, 3.63) is 65.9 Å². The van der Waals surface area contributed by atoms with Gasteiger partial charge in [0.25, 0.3) is 0 Å². The average molecular weight is 487 g/mol. The minimum Gasteiger partial charge on any atom is -0.497 e. The highest BCUT2D eigenvalue weighted by molar-refractivity contribution is 5.84. The minimum atomic E-state index is -0.417. The van der Waals surface area contributed by atoms with Crippen molar-refractivity contribution in [2.45, 2.75) is 44.8 Å². The molecule has 7 heteroatoms. The van der Waals surface area contributed by atoms with Crippen LogP contribution >= 0.6 is 0 Å². The highest BCUT2D eigenvalue weighted by Crippen LogP contribution is 2.44. The number of carbonyl (C=O) groups excluding carboxylic acids is 1. The SMILES string of the molecule is CC[C@H]1CN2CC[C@H]1C[C@@H]2[C@@H](OC(=O)NN1CCc2ccccc21)c1ccnc2ccc(OC)cc12. The molecule has 1 unspecified atom stereocenters. The number of ether oxygens (including phenoxy) is 2. The number of hydrogen-bond donors (Lipinski definition) is 1. The van der Waals surface area contributed by atoms with E-state index >= 15 is 0 Å². The topological polar surface area (TPSA) is 66.9 Å². The van der Waals surface area contributed by atoms with Crippen LogP contribution in [0, 0.1) is 11.8 Å². The first kappa shape index (κ1) is 23.1. The molecule has 4 aliphatic rings. The van der Waals surface area contributed by atoms with Crippen molar-refractivity contribution in [2.24, 2.45) is 11.8 Å². The number of hydrogen-bond acceptors (Lipinski definition) is 6. The van der Waals surface area contributed by atoms with E-state index in [-0.39, 0.29) is 6.04 Å². The summed E-state index contributed by atoms with van der Waals surface area (Å²) in [5.41, 5.74) is 7.16. The van der Waals surface area contributed by atoms with Crippen molar-refractivity contribution in [3.8, 4) is 5.75 Å². The highest BCUT2D eigenvalue weighted by atomic mass is 16.6. The number of piperidine rings is 3. The van der Waals surface area contributed by atoms with Crippen molar-refractivity contribution < 1.29 is 14.3 Å². The van der Waals surface area contributed by atoms with Crippen LogP contribution in [0.15, 0.2) is 54.7 Å². The van der Waals surface area contributed by atoms with Crippen molar-refractivity contribution in [3.63, 3.8) is 0 Å². The normalized spacial score (nSPS) is 25.4. The molecular weight excluding hydrogens is 452 g/mol. The Bertz CT molecular complexity index is 1260. The van der Waals surface area contributed by atoms with E-state index in [4.69, 9.17) is 9.47 Å². The van der Waals surface area contributed by atoms with E-state index in [1.165, 1.54) is 18.4 Å². The van der Waals surface area contributed by atoms with Crippen LogP contribution in [0.5, 0.6) is 5.75 Å². The Morgan fingerprint density at radius 2 is 2.08 bits per heavy atom. The number of pyridine rings is 1. The van der Waals surface area contributed by atoms with Crippen molar-refractivity contribution in [1.29, 1.82) is 0 Å². The van der Waals surface area contributed by atoms with Crippen LogP contribution in [0.4, 0.5) is 10.5 Å². The number of amides is 1. The maximum absolute atomic E-state index is 13.4. The number of nitrogens with zero attached hydrogens (tertiary/aromatic N) is 3. The second-order valence-electron chi connectivity index (χ2n) is 10.3. The molecular formula is C29H34N4O3. The molecule has 188 valence electrons. The van der Waals surface area contributed by atoms with Crippen molar-refractivity contribution >= 4 is 22.7 Å². The first-order chi connectivity index (χ1) is 17.6. The van der Waals surface area contributed by atoms with Gasteiger partial charge in [0.15, 0.2) is 0 Å². The number of hydrazine groups is 1. The van der Waals surface area contributed by atoms with Gasteiger partial charge < -0.3 is 9.47 Å². The predicted molar refractivity (Wildman–Crippen MR) is 140 cm³/mol. The maximum Gasteiger partial charge on any atom is 0.426 e. The molecule has 1 aromatic heterocycles. The summed E-state index contributed by atoms with van der Waals surface area (Å²) in [5, 5.41) is 2.87. The monoisotopic (exact) mass is 486 g/mol. The van der Waals surface area contributed by atoms with Gasteiger partial charge in [0.1, 0.15) is 11.9 Å². The minimum absolute atomic E-state index is 0.139. The van der Waals surface area contributed by atoms with Gasteiger partial charge in [-0.1, -0.05) is 31.5 Å². The number of para-hydroxylation sites is 1. The molecule has 3 saturated heterocycles. The predicted octanol–water partition coefficient (Wildman–Crippen LogP) is 5.11. The third-order valence-corrected chi connectivity index (χ3v) is 8.45. The van der Waals surface area contributed by atoms with Gasteiger partial charge >= 0.3 is 6.09 Å². The molecule has 4 aliphatic heterocycles. The molecule has 0 radical (unpaired) electrons. The van der Waals surface area contributed by atoms with Gasteiger partial charge in [0.2, 0.25) is 0 Å². The van der Waals surface area contributed by atoms with Gasteiger partial charge in [-0.05, 0) is 73.5 Å². The fourth-order valence-corrected chi connectivity index (χ4v) is 6.53. The summed E-state index contributed by atoms with van der Waals surface area (Å²) >= 11 is 0. The van der Waals surface area contributed by atoms with Gasteiger partial charge in [-0.15, -0.1) is 0 Å². The Hall–Kier alpha value is -3.32. The van der Waals surface area contributed by atoms with E-state index in [9.17, 15) is 4.79 Å². The van der Waals surface area contributed by atoms with Crippen LogP contribution in [0.1, 0.15) is 43.4 Å². The Morgan fingerprint density at radius 1 is 1.19 bits per heavy atom. The summed E-state index contributed by atoms with van der Waals surface area (Å²) in [6.07, 6.45) is 5.37. The van der Waals surface area contributed by atoms with Crippen LogP contribution in [0.2, 0.25) is 0 Å². The lowest BCUT2D eigenvalue weighted by Gasteiger charge is -2.51. The van der Waals surface area contributed by atoms with Crippen molar-refractivity contribution in [1.82, 2.24) is 15.3 Å². The van der Waals surface area contributed by atoms with Crippen LogP contribution in [0.25, 0.3) is 10.9 Å². The summed E-state index contributed by atoms with van der Waals surface area (Å²) in [6, 6.07) is 16.2. The fourth-order valence-electron chi connectivity index (χ4n) is 6.53. The number of benzene rings is 2. The molecule has 7 nitrogen and oxygen atoms in total. The number of aromatic nitrogens is 1. The summed E-state index contributed by atoms with van der Waals surface area (Å²) in [7, 11) is 1.67. The Kier molecular flexibility index (Phi) is 6.17. The lowest BCUT2D eigenvalue weighted by Crippen LogP contribution is -2.56. The lowest BCUT2D eigenvalue weighted by atomic mass is 9.72. The average Bonchev–Trinajstić information content (AvgIpc) is 3.33. The lowest BCUT2D eigenvalue weighted by molar-refractivity contribution is -0.0605. The zero-order chi connectivity index (χ0) is 24.6.